The summed E-state index contributed by atoms with van der Waals surface area (Å²) in [5.74, 6) is 0.518. The van der Waals surface area contributed by atoms with E-state index in [1.807, 2.05) is 0 Å². The Kier molecular flexibility index (Phi) is 4.08. The van der Waals surface area contributed by atoms with E-state index in [0.29, 0.717) is 6.04 Å². The van der Waals surface area contributed by atoms with Gasteiger partial charge in [-0.25, -0.2) is 0 Å². The average Bonchev–Trinajstić information content (AvgIpc) is 2.87. The number of carbonyl (C=O) groups excluding carboxylic acids is 1. The van der Waals surface area contributed by atoms with E-state index in [9.17, 15) is 4.79 Å². The number of hydrogen-bond donors (Lipinski definition) is 2. The third-order valence-corrected chi connectivity index (χ3v) is 4.53. The molecule has 98 valence electrons. The summed E-state index contributed by atoms with van der Waals surface area (Å²) < 4.78 is 0. The van der Waals surface area contributed by atoms with Gasteiger partial charge in [0.2, 0.25) is 5.91 Å². The van der Waals surface area contributed by atoms with E-state index in [4.69, 9.17) is 0 Å². The van der Waals surface area contributed by atoms with Crippen LogP contribution < -0.4 is 10.6 Å². The van der Waals surface area contributed by atoms with Gasteiger partial charge in [0.1, 0.15) is 0 Å². The van der Waals surface area contributed by atoms with Crippen LogP contribution in [0.4, 0.5) is 0 Å². The molecule has 1 aliphatic heterocycles. The molecule has 1 saturated carbocycles. The Morgan fingerprint density at radius 1 is 1.35 bits per heavy atom. The van der Waals surface area contributed by atoms with Crippen LogP contribution in [0.1, 0.15) is 52.4 Å². The quantitative estimate of drug-likeness (QED) is 0.787. The molecule has 3 nitrogen and oxygen atoms in total. The van der Waals surface area contributed by atoms with Crippen molar-refractivity contribution in [3.63, 3.8) is 0 Å². The minimum absolute atomic E-state index is 0.204. The van der Waals surface area contributed by atoms with Crippen molar-refractivity contribution in [2.24, 2.45) is 11.3 Å². The summed E-state index contributed by atoms with van der Waals surface area (Å²) >= 11 is 0. The van der Waals surface area contributed by atoms with E-state index < -0.39 is 0 Å². The van der Waals surface area contributed by atoms with Crippen molar-refractivity contribution >= 4 is 5.91 Å². The third-order valence-electron chi connectivity index (χ3n) is 4.53. The lowest BCUT2D eigenvalue weighted by Gasteiger charge is -2.26. The fourth-order valence-electron chi connectivity index (χ4n) is 3.31. The molecule has 0 aromatic heterocycles. The molecule has 2 N–H and O–H groups in total. The van der Waals surface area contributed by atoms with Crippen molar-refractivity contribution in [2.75, 3.05) is 13.1 Å². The monoisotopic (exact) mass is 238 g/mol. The maximum Gasteiger partial charge on any atom is 0.223 e. The molecule has 0 spiro atoms. The van der Waals surface area contributed by atoms with Crippen LogP contribution in [0.2, 0.25) is 0 Å². The van der Waals surface area contributed by atoms with Crippen molar-refractivity contribution in [2.45, 2.75) is 58.4 Å². The smallest absolute Gasteiger partial charge is 0.223 e. The van der Waals surface area contributed by atoms with Crippen LogP contribution in [0, 0.1) is 11.3 Å². The molecule has 0 aromatic carbocycles. The largest absolute Gasteiger partial charge is 0.356 e. The van der Waals surface area contributed by atoms with E-state index in [2.05, 4.69) is 24.5 Å². The first kappa shape index (κ1) is 12.9. The second kappa shape index (κ2) is 5.38. The lowest BCUT2D eigenvalue weighted by atomic mass is 9.81. The molecule has 2 atom stereocenters. The van der Waals surface area contributed by atoms with E-state index >= 15 is 0 Å². The highest BCUT2D eigenvalue weighted by Gasteiger charge is 2.38. The number of nitrogens with one attached hydrogen (secondary N) is 2. The molecule has 1 aliphatic carbocycles. The Labute approximate surface area is 105 Å². The van der Waals surface area contributed by atoms with Gasteiger partial charge in [-0.1, -0.05) is 20.3 Å². The Bertz CT molecular complexity index is 269. The standard InChI is InChI=1S/C14H26N2O/c1-14(2)8-3-6-12(14)13(17)16-10-7-11-5-4-9-15-11/h11-12,15H,3-10H2,1-2H3,(H,16,17)/t11-,12?/m1/s1. The maximum absolute atomic E-state index is 12.1. The Balaban J connectivity index is 1.70. The summed E-state index contributed by atoms with van der Waals surface area (Å²) in [4.78, 5) is 12.1. The molecule has 1 saturated heterocycles. The molecule has 17 heavy (non-hydrogen) atoms. The van der Waals surface area contributed by atoms with Crippen LogP contribution in [0.25, 0.3) is 0 Å². The zero-order chi connectivity index (χ0) is 12.3. The fourth-order valence-corrected chi connectivity index (χ4v) is 3.31. The van der Waals surface area contributed by atoms with Gasteiger partial charge in [0.05, 0.1) is 0 Å². The van der Waals surface area contributed by atoms with Gasteiger partial charge in [-0.15, -0.1) is 0 Å². The van der Waals surface area contributed by atoms with E-state index in [-0.39, 0.29) is 17.2 Å². The zero-order valence-corrected chi connectivity index (χ0v) is 11.2. The first-order valence-electron chi connectivity index (χ1n) is 7.11. The summed E-state index contributed by atoms with van der Waals surface area (Å²) in [6.07, 6.45) is 7.10. The molecular formula is C14H26N2O. The number of carbonyl (C=O) groups is 1. The van der Waals surface area contributed by atoms with Crippen molar-refractivity contribution in [3.05, 3.63) is 0 Å². The number of amides is 1. The predicted molar refractivity (Wildman–Crippen MR) is 69.8 cm³/mol. The minimum atomic E-state index is 0.204. The van der Waals surface area contributed by atoms with Crippen LogP contribution in [0.5, 0.6) is 0 Å². The van der Waals surface area contributed by atoms with Gasteiger partial charge in [-0.2, -0.15) is 0 Å². The first-order chi connectivity index (χ1) is 8.09. The molecule has 2 aliphatic rings. The highest BCUT2D eigenvalue weighted by Crippen LogP contribution is 2.42. The molecule has 0 aromatic rings. The Morgan fingerprint density at radius 2 is 2.18 bits per heavy atom. The molecule has 1 unspecified atom stereocenters. The van der Waals surface area contributed by atoms with Crippen LogP contribution in [0.15, 0.2) is 0 Å². The number of rotatable bonds is 4. The summed E-state index contributed by atoms with van der Waals surface area (Å²) in [5, 5.41) is 6.59. The molecule has 1 heterocycles. The van der Waals surface area contributed by atoms with E-state index in [1.54, 1.807) is 0 Å². The van der Waals surface area contributed by atoms with Gasteiger partial charge >= 0.3 is 0 Å². The van der Waals surface area contributed by atoms with Gasteiger partial charge in [-0.3, -0.25) is 4.79 Å². The van der Waals surface area contributed by atoms with Gasteiger partial charge in [0.15, 0.2) is 0 Å². The van der Waals surface area contributed by atoms with Gasteiger partial charge in [-0.05, 0) is 44.1 Å². The molecule has 1 amide bonds. The molecule has 2 fully saturated rings. The topological polar surface area (TPSA) is 41.1 Å². The normalized spacial score (nSPS) is 31.6. The van der Waals surface area contributed by atoms with Crippen molar-refractivity contribution in [1.29, 1.82) is 0 Å². The third kappa shape index (κ3) is 3.21. The molecular weight excluding hydrogens is 212 g/mol. The molecule has 0 bridgehead atoms. The SMILES string of the molecule is CC1(C)CCCC1C(=O)NCC[C@H]1CCCN1. The van der Waals surface area contributed by atoms with Gasteiger partial charge in [0.25, 0.3) is 0 Å². The fraction of sp³-hybridized carbons (Fsp3) is 0.929. The van der Waals surface area contributed by atoms with Crippen LogP contribution >= 0.6 is 0 Å². The Hall–Kier alpha value is -0.570. The van der Waals surface area contributed by atoms with Crippen molar-refractivity contribution < 1.29 is 4.79 Å². The second-order valence-electron chi connectivity index (χ2n) is 6.31. The average molecular weight is 238 g/mol. The molecule has 0 radical (unpaired) electrons. The van der Waals surface area contributed by atoms with Crippen LogP contribution in [-0.4, -0.2) is 25.0 Å². The van der Waals surface area contributed by atoms with E-state index in [0.717, 1.165) is 25.9 Å². The van der Waals surface area contributed by atoms with Crippen LogP contribution in [0.3, 0.4) is 0 Å². The number of hydrogen-bond acceptors (Lipinski definition) is 2. The zero-order valence-electron chi connectivity index (χ0n) is 11.2. The van der Waals surface area contributed by atoms with E-state index in [1.165, 1.54) is 25.7 Å². The summed E-state index contributed by atoms with van der Waals surface area (Å²) in [6, 6.07) is 0.631. The predicted octanol–water partition coefficient (Wildman–Crippen LogP) is 2.07. The van der Waals surface area contributed by atoms with Crippen molar-refractivity contribution in [1.82, 2.24) is 10.6 Å². The van der Waals surface area contributed by atoms with Crippen LogP contribution in [-0.2, 0) is 4.79 Å². The minimum Gasteiger partial charge on any atom is -0.356 e. The highest BCUT2D eigenvalue weighted by molar-refractivity contribution is 5.79. The highest BCUT2D eigenvalue weighted by atomic mass is 16.1. The van der Waals surface area contributed by atoms with Gasteiger partial charge < -0.3 is 10.6 Å². The summed E-state index contributed by atoms with van der Waals surface area (Å²) in [5.41, 5.74) is 0.204. The lowest BCUT2D eigenvalue weighted by Crippen LogP contribution is -2.38. The second-order valence-corrected chi connectivity index (χ2v) is 6.31. The summed E-state index contributed by atoms with van der Waals surface area (Å²) in [6.45, 7) is 6.43. The first-order valence-corrected chi connectivity index (χ1v) is 7.11. The molecule has 2 rings (SSSR count). The Morgan fingerprint density at radius 3 is 2.76 bits per heavy atom. The lowest BCUT2D eigenvalue weighted by molar-refractivity contribution is -0.127. The van der Waals surface area contributed by atoms with Crippen molar-refractivity contribution in [3.8, 4) is 0 Å². The maximum atomic E-state index is 12.1. The van der Waals surface area contributed by atoms with Gasteiger partial charge in [0, 0.05) is 18.5 Å². The molecule has 3 heteroatoms. The summed E-state index contributed by atoms with van der Waals surface area (Å²) in [7, 11) is 0.